The summed E-state index contributed by atoms with van der Waals surface area (Å²) in [5, 5.41) is 3.41. The van der Waals surface area contributed by atoms with Crippen LogP contribution in [0, 0.1) is 0 Å². The molecule has 0 spiro atoms. The fourth-order valence-corrected chi connectivity index (χ4v) is 3.25. The van der Waals surface area contributed by atoms with E-state index in [2.05, 4.69) is 41.8 Å². The minimum absolute atomic E-state index is 0.202. The first-order valence-electron chi connectivity index (χ1n) is 6.29. The van der Waals surface area contributed by atoms with Crippen LogP contribution >= 0.6 is 11.3 Å². The van der Waals surface area contributed by atoms with E-state index in [0.717, 1.165) is 5.56 Å². The fourth-order valence-electron chi connectivity index (χ4n) is 2.31. The van der Waals surface area contributed by atoms with Crippen molar-refractivity contribution < 1.29 is 4.79 Å². The average molecular weight is 266 g/mol. The normalized spacial score (nSPS) is 10.8. The number of thiophene rings is 1. The quantitative estimate of drug-likeness (QED) is 0.671. The number of carbonyl (C=O) groups excluding carboxylic acids is 1. The summed E-state index contributed by atoms with van der Waals surface area (Å²) in [5.41, 5.74) is 3.55. The smallest absolute Gasteiger partial charge is 0.134 e. The predicted molar refractivity (Wildman–Crippen MR) is 81.6 cm³/mol. The van der Waals surface area contributed by atoms with Crippen molar-refractivity contribution in [2.45, 2.75) is 13.3 Å². The Hall–Kier alpha value is -1.93. The first kappa shape index (κ1) is 12.1. The van der Waals surface area contributed by atoms with E-state index in [1.807, 2.05) is 12.1 Å². The van der Waals surface area contributed by atoms with Gasteiger partial charge in [-0.3, -0.25) is 4.79 Å². The molecule has 3 aromatic rings. The Morgan fingerprint density at radius 2 is 1.84 bits per heavy atom. The van der Waals surface area contributed by atoms with Crippen LogP contribution in [0.15, 0.2) is 53.9 Å². The van der Waals surface area contributed by atoms with Crippen LogP contribution in [-0.4, -0.2) is 5.78 Å². The summed E-state index contributed by atoms with van der Waals surface area (Å²) in [6.07, 6.45) is 0.517. The number of ketones is 1. The lowest BCUT2D eigenvalue weighted by Gasteiger charge is -2.05. The van der Waals surface area contributed by atoms with Crippen molar-refractivity contribution in [3.8, 4) is 11.1 Å². The second kappa shape index (κ2) is 4.98. The number of fused-ring (bicyclic) bond motifs is 1. The zero-order valence-corrected chi connectivity index (χ0v) is 11.5. The predicted octanol–water partition coefficient (Wildman–Crippen LogP) is 4.70. The second-order valence-electron chi connectivity index (χ2n) is 4.72. The van der Waals surface area contributed by atoms with Crippen molar-refractivity contribution in [2.24, 2.45) is 0 Å². The third-order valence-corrected chi connectivity index (χ3v) is 4.16. The van der Waals surface area contributed by atoms with Gasteiger partial charge in [0.25, 0.3) is 0 Å². The first-order valence-corrected chi connectivity index (χ1v) is 7.17. The van der Waals surface area contributed by atoms with Gasteiger partial charge in [0.05, 0.1) is 0 Å². The van der Waals surface area contributed by atoms with Gasteiger partial charge in [-0.15, -0.1) is 11.3 Å². The third kappa shape index (κ3) is 2.45. The molecule has 0 amide bonds. The van der Waals surface area contributed by atoms with E-state index in [0.29, 0.717) is 6.42 Å². The maximum Gasteiger partial charge on any atom is 0.134 e. The number of Topliss-reactive ketones (excluding diaryl/α,β-unsaturated/α-hetero) is 1. The molecule has 19 heavy (non-hydrogen) atoms. The molecule has 1 nitrogen and oxygen atoms in total. The molecule has 0 N–H and O–H groups in total. The number of hydrogen-bond donors (Lipinski definition) is 0. The SMILES string of the molecule is CC(=O)Cc1ccc(-c2cccc3ccsc23)cc1. The van der Waals surface area contributed by atoms with Crippen LogP contribution in [0.4, 0.5) is 0 Å². The van der Waals surface area contributed by atoms with Gasteiger partial charge >= 0.3 is 0 Å². The summed E-state index contributed by atoms with van der Waals surface area (Å²) in [4.78, 5) is 11.1. The number of benzene rings is 2. The number of hydrogen-bond acceptors (Lipinski definition) is 2. The largest absolute Gasteiger partial charge is 0.300 e. The monoisotopic (exact) mass is 266 g/mol. The maximum absolute atomic E-state index is 11.1. The maximum atomic E-state index is 11.1. The Bertz CT molecular complexity index is 722. The molecular weight excluding hydrogens is 252 g/mol. The van der Waals surface area contributed by atoms with Crippen molar-refractivity contribution in [2.75, 3.05) is 0 Å². The van der Waals surface area contributed by atoms with Gasteiger partial charge in [0.2, 0.25) is 0 Å². The van der Waals surface area contributed by atoms with Crippen LogP contribution in [-0.2, 0) is 11.2 Å². The highest BCUT2D eigenvalue weighted by Gasteiger charge is 2.05. The standard InChI is InChI=1S/C17H14OS/c1-12(18)11-13-5-7-14(8-6-13)16-4-2-3-15-9-10-19-17(15)16/h2-10H,11H2,1H3. The molecule has 0 saturated heterocycles. The molecule has 0 radical (unpaired) electrons. The van der Waals surface area contributed by atoms with Gasteiger partial charge in [0, 0.05) is 11.1 Å². The van der Waals surface area contributed by atoms with E-state index in [4.69, 9.17) is 0 Å². The molecule has 0 bridgehead atoms. The Kier molecular flexibility index (Phi) is 3.18. The zero-order valence-electron chi connectivity index (χ0n) is 10.7. The molecule has 2 aromatic carbocycles. The van der Waals surface area contributed by atoms with Crippen LogP contribution < -0.4 is 0 Å². The van der Waals surface area contributed by atoms with Crippen molar-refractivity contribution in [1.29, 1.82) is 0 Å². The summed E-state index contributed by atoms with van der Waals surface area (Å²) in [7, 11) is 0. The van der Waals surface area contributed by atoms with Gasteiger partial charge in [-0.1, -0.05) is 42.5 Å². The first-order chi connectivity index (χ1) is 9.24. The lowest BCUT2D eigenvalue weighted by molar-refractivity contribution is -0.116. The minimum Gasteiger partial charge on any atom is -0.300 e. The third-order valence-electron chi connectivity index (χ3n) is 3.20. The molecule has 94 valence electrons. The topological polar surface area (TPSA) is 17.1 Å². The second-order valence-corrected chi connectivity index (χ2v) is 5.64. The highest BCUT2D eigenvalue weighted by Crippen LogP contribution is 2.32. The van der Waals surface area contributed by atoms with E-state index in [-0.39, 0.29) is 5.78 Å². The van der Waals surface area contributed by atoms with Crippen molar-refractivity contribution in [3.63, 3.8) is 0 Å². The Morgan fingerprint density at radius 1 is 1.05 bits per heavy atom. The van der Waals surface area contributed by atoms with E-state index in [9.17, 15) is 4.79 Å². The highest BCUT2D eigenvalue weighted by atomic mass is 32.1. The summed E-state index contributed by atoms with van der Waals surface area (Å²) >= 11 is 1.77. The molecule has 1 aromatic heterocycles. The Morgan fingerprint density at radius 3 is 2.58 bits per heavy atom. The number of rotatable bonds is 3. The van der Waals surface area contributed by atoms with Crippen LogP contribution in [0.3, 0.4) is 0 Å². The van der Waals surface area contributed by atoms with Gasteiger partial charge < -0.3 is 0 Å². The average Bonchev–Trinajstić information content (AvgIpc) is 2.87. The molecule has 0 saturated carbocycles. The van der Waals surface area contributed by atoms with Crippen molar-refractivity contribution in [1.82, 2.24) is 0 Å². The Balaban J connectivity index is 2.02. The van der Waals surface area contributed by atoms with Gasteiger partial charge in [-0.05, 0) is 40.4 Å². The van der Waals surface area contributed by atoms with Gasteiger partial charge in [-0.25, -0.2) is 0 Å². The van der Waals surface area contributed by atoms with Crippen LogP contribution in [0.1, 0.15) is 12.5 Å². The number of carbonyl (C=O) groups is 1. The molecule has 3 rings (SSSR count). The molecule has 0 aliphatic rings. The fraction of sp³-hybridized carbons (Fsp3) is 0.118. The Labute approximate surface area is 116 Å². The zero-order chi connectivity index (χ0) is 13.2. The van der Waals surface area contributed by atoms with Crippen LogP contribution in [0.25, 0.3) is 21.2 Å². The summed E-state index contributed by atoms with van der Waals surface area (Å²) < 4.78 is 1.32. The van der Waals surface area contributed by atoms with E-state index >= 15 is 0 Å². The van der Waals surface area contributed by atoms with Crippen molar-refractivity contribution >= 4 is 27.2 Å². The molecule has 2 heteroatoms. The van der Waals surface area contributed by atoms with E-state index in [1.54, 1.807) is 18.3 Å². The van der Waals surface area contributed by atoms with E-state index < -0.39 is 0 Å². The molecule has 0 atom stereocenters. The van der Waals surface area contributed by atoms with Crippen molar-refractivity contribution in [3.05, 3.63) is 59.5 Å². The van der Waals surface area contributed by atoms with Gasteiger partial charge in [-0.2, -0.15) is 0 Å². The molecular formula is C17H14OS. The van der Waals surface area contributed by atoms with Gasteiger partial charge in [0.15, 0.2) is 0 Å². The lowest BCUT2D eigenvalue weighted by Crippen LogP contribution is -1.95. The molecule has 0 aliphatic heterocycles. The lowest BCUT2D eigenvalue weighted by atomic mass is 10.0. The van der Waals surface area contributed by atoms with E-state index in [1.165, 1.54) is 21.2 Å². The molecule has 0 unspecified atom stereocenters. The molecule has 1 heterocycles. The highest BCUT2D eigenvalue weighted by molar-refractivity contribution is 7.17. The van der Waals surface area contributed by atoms with Crippen LogP contribution in [0.5, 0.6) is 0 Å². The molecule has 0 aliphatic carbocycles. The van der Waals surface area contributed by atoms with Crippen LogP contribution in [0.2, 0.25) is 0 Å². The summed E-state index contributed by atoms with van der Waals surface area (Å²) in [5.74, 6) is 0.202. The summed E-state index contributed by atoms with van der Waals surface area (Å²) in [6, 6.07) is 16.8. The summed E-state index contributed by atoms with van der Waals surface area (Å²) in [6.45, 7) is 1.63. The molecule has 0 fully saturated rings. The minimum atomic E-state index is 0.202. The van der Waals surface area contributed by atoms with Gasteiger partial charge in [0.1, 0.15) is 5.78 Å².